The molecule has 4 nitrogen and oxygen atoms in total. The highest BCUT2D eigenvalue weighted by atomic mass is 19.1. The van der Waals surface area contributed by atoms with Crippen molar-refractivity contribution in [3.05, 3.63) is 65.5 Å². The lowest BCUT2D eigenvalue weighted by Crippen LogP contribution is -2.57. The van der Waals surface area contributed by atoms with Gasteiger partial charge < -0.3 is 9.80 Å². The summed E-state index contributed by atoms with van der Waals surface area (Å²) in [6.45, 7) is 4.35. The van der Waals surface area contributed by atoms with Crippen LogP contribution >= 0.6 is 0 Å². The van der Waals surface area contributed by atoms with E-state index in [9.17, 15) is 14.0 Å². The Morgan fingerprint density at radius 2 is 1.88 bits per heavy atom. The molecular weight excluding hydrogens is 307 g/mol. The molecule has 1 aliphatic heterocycles. The Labute approximate surface area is 140 Å². The van der Waals surface area contributed by atoms with Gasteiger partial charge >= 0.3 is 0 Å². The van der Waals surface area contributed by atoms with E-state index in [2.05, 4.69) is 0 Å². The minimum atomic E-state index is -0.389. The highest BCUT2D eigenvalue weighted by Crippen LogP contribution is 2.22. The van der Waals surface area contributed by atoms with Gasteiger partial charge in [0, 0.05) is 23.8 Å². The molecule has 3 rings (SSSR count). The molecule has 24 heavy (non-hydrogen) atoms. The summed E-state index contributed by atoms with van der Waals surface area (Å²) in [6.07, 6.45) is 0. The molecular formula is C19H19FN2O2. The van der Waals surface area contributed by atoms with Crippen molar-refractivity contribution in [3.63, 3.8) is 0 Å². The maximum Gasteiger partial charge on any atom is 0.254 e. The molecule has 0 aromatic heterocycles. The van der Waals surface area contributed by atoms with Crippen LogP contribution in [0, 0.1) is 12.7 Å². The number of anilines is 1. The Morgan fingerprint density at radius 1 is 1.17 bits per heavy atom. The number of nitrogens with zero attached hydrogens (tertiary/aromatic N) is 2. The number of piperazine rings is 1. The van der Waals surface area contributed by atoms with Crippen molar-refractivity contribution < 1.29 is 14.0 Å². The van der Waals surface area contributed by atoms with E-state index in [1.165, 1.54) is 24.3 Å². The van der Waals surface area contributed by atoms with Crippen molar-refractivity contribution in [2.45, 2.75) is 19.9 Å². The van der Waals surface area contributed by atoms with Crippen molar-refractivity contribution in [1.82, 2.24) is 4.90 Å². The first-order valence-corrected chi connectivity index (χ1v) is 7.89. The second-order valence-corrected chi connectivity index (χ2v) is 6.13. The first kappa shape index (κ1) is 16.2. The van der Waals surface area contributed by atoms with Crippen molar-refractivity contribution >= 4 is 17.5 Å². The monoisotopic (exact) mass is 326 g/mol. The molecule has 0 saturated carbocycles. The highest BCUT2D eigenvalue weighted by molar-refractivity contribution is 6.02. The van der Waals surface area contributed by atoms with Gasteiger partial charge in [0.2, 0.25) is 5.91 Å². The van der Waals surface area contributed by atoms with Crippen molar-refractivity contribution in [2.24, 2.45) is 0 Å². The van der Waals surface area contributed by atoms with Gasteiger partial charge in [0.05, 0.1) is 0 Å². The largest absolute Gasteiger partial charge is 0.325 e. The number of benzene rings is 2. The molecule has 0 aliphatic carbocycles. The molecule has 2 aromatic carbocycles. The third-order valence-corrected chi connectivity index (χ3v) is 4.25. The molecule has 1 fully saturated rings. The second-order valence-electron chi connectivity index (χ2n) is 6.13. The predicted molar refractivity (Wildman–Crippen MR) is 90.4 cm³/mol. The molecule has 0 bridgehead atoms. The molecule has 0 spiro atoms. The summed E-state index contributed by atoms with van der Waals surface area (Å²) in [5, 5.41) is 0. The van der Waals surface area contributed by atoms with Crippen LogP contribution in [0.2, 0.25) is 0 Å². The average molecular weight is 326 g/mol. The van der Waals surface area contributed by atoms with Crippen LogP contribution in [0.25, 0.3) is 0 Å². The maximum atomic E-state index is 13.0. The lowest BCUT2D eigenvalue weighted by Gasteiger charge is -2.39. The van der Waals surface area contributed by atoms with Crippen LogP contribution in [0.3, 0.4) is 0 Å². The Hall–Kier alpha value is -2.69. The van der Waals surface area contributed by atoms with E-state index >= 15 is 0 Å². The normalized spacial score (nSPS) is 18.0. The van der Waals surface area contributed by atoms with Gasteiger partial charge in [-0.15, -0.1) is 0 Å². The summed E-state index contributed by atoms with van der Waals surface area (Å²) in [4.78, 5) is 28.4. The van der Waals surface area contributed by atoms with Crippen LogP contribution in [-0.2, 0) is 4.79 Å². The van der Waals surface area contributed by atoms with E-state index < -0.39 is 0 Å². The molecule has 1 aliphatic rings. The summed E-state index contributed by atoms with van der Waals surface area (Å²) < 4.78 is 13.0. The fourth-order valence-corrected chi connectivity index (χ4v) is 2.93. The van der Waals surface area contributed by atoms with E-state index in [0.717, 1.165) is 11.3 Å². The lowest BCUT2D eigenvalue weighted by molar-refractivity contribution is -0.121. The molecule has 0 radical (unpaired) electrons. The number of amides is 2. The quantitative estimate of drug-likeness (QED) is 0.851. The molecule has 1 saturated heterocycles. The Morgan fingerprint density at radius 3 is 2.54 bits per heavy atom. The van der Waals surface area contributed by atoms with Gasteiger partial charge in [-0.1, -0.05) is 12.1 Å². The number of rotatable bonds is 2. The van der Waals surface area contributed by atoms with Crippen LogP contribution < -0.4 is 4.90 Å². The molecule has 0 N–H and O–H groups in total. The van der Waals surface area contributed by atoms with Crippen LogP contribution in [0.15, 0.2) is 48.5 Å². The van der Waals surface area contributed by atoms with E-state index in [1.807, 2.05) is 38.1 Å². The fourth-order valence-electron chi connectivity index (χ4n) is 2.93. The van der Waals surface area contributed by atoms with E-state index in [0.29, 0.717) is 12.1 Å². The van der Waals surface area contributed by atoms with E-state index in [4.69, 9.17) is 0 Å². The third kappa shape index (κ3) is 3.15. The van der Waals surface area contributed by atoms with Gasteiger partial charge in [-0.3, -0.25) is 9.59 Å². The van der Waals surface area contributed by atoms with E-state index in [1.54, 1.807) is 9.80 Å². The summed E-state index contributed by atoms with van der Waals surface area (Å²) in [5.74, 6) is -0.756. The van der Waals surface area contributed by atoms with Crippen LogP contribution in [0.1, 0.15) is 22.8 Å². The Balaban J connectivity index is 1.79. The zero-order chi connectivity index (χ0) is 17.3. The molecule has 2 amide bonds. The number of hydrogen-bond acceptors (Lipinski definition) is 2. The zero-order valence-corrected chi connectivity index (χ0v) is 13.7. The standard InChI is InChI=1S/C19H19FN2O2/c1-13-4-3-5-17(10-13)22-11-14(2)21(12-18(22)23)19(24)15-6-8-16(20)9-7-15/h3-10,14H,11-12H2,1-2H3/t14-/m1/s1. The average Bonchev–Trinajstić information content (AvgIpc) is 2.56. The summed E-state index contributed by atoms with van der Waals surface area (Å²) in [5.41, 5.74) is 2.32. The Bertz CT molecular complexity index is 773. The maximum absolute atomic E-state index is 13.0. The molecule has 5 heteroatoms. The van der Waals surface area contributed by atoms with Crippen LogP contribution in [0.4, 0.5) is 10.1 Å². The van der Waals surface area contributed by atoms with Crippen molar-refractivity contribution in [2.75, 3.05) is 18.0 Å². The van der Waals surface area contributed by atoms with E-state index in [-0.39, 0.29) is 30.2 Å². The second kappa shape index (κ2) is 6.43. The number of halogens is 1. The van der Waals surface area contributed by atoms with Gasteiger partial charge in [0.15, 0.2) is 0 Å². The highest BCUT2D eigenvalue weighted by Gasteiger charge is 2.33. The summed E-state index contributed by atoms with van der Waals surface area (Å²) >= 11 is 0. The zero-order valence-electron chi connectivity index (χ0n) is 13.7. The molecule has 0 unspecified atom stereocenters. The molecule has 1 heterocycles. The lowest BCUT2D eigenvalue weighted by atomic mass is 10.1. The fraction of sp³-hybridized carbons (Fsp3) is 0.263. The minimum absolute atomic E-state index is 0.0192. The summed E-state index contributed by atoms with van der Waals surface area (Å²) in [7, 11) is 0. The van der Waals surface area contributed by atoms with Crippen LogP contribution in [0.5, 0.6) is 0 Å². The van der Waals surface area contributed by atoms with Gasteiger partial charge in [-0.05, 0) is 55.8 Å². The number of carbonyl (C=O) groups is 2. The smallest absolute Gasteiger partial charge is 0.254 e. The number of carbonyl (C=O) groups excluding carboxylic acids is 2. The SMILES string of the molecule is Cc1cccc(N2C[C@@H](C)N(C(=O)c3ccc(F)cc3)CC2=O)c1. The van der Waals surface area contributed by atoms with Gasteiger partial charge in [0.1, 0.15) is 12.4 Å². The topological polar surface area (TPSA) is 40.6 Å². The minimum Gasteiger partial charge on any atom is -0.325 e. The van der Waals surface area contributed by atoms with Gasteiger partial charge in [-0.2, -0.15) is 0 Å². The summed E-state index contributed by atoms with van der Waals surface area (Å²) in [6, 6.07) is 13.0. The van der Waals surface area contributed by atoms with Gasteiger partial charge in [-0.25, -0.2) is 4.39 Å². The molecule has 1 atom stereocenters. The first-order valence-electron chi connectivity index (χ1n) is 7.89. The third-order valence-electron chi connectivity index (χ3n) is 4.25. The van der Waals surface area contributed by atoms with Crippen LogP contribution in [-0.4, -0.2) is 35.8 Å². The van der Waals surface area contributed by atoms with Crippen molar-refractivity contribution in [3.8, 4) is 0 Å². The predicted octanol–water partition coefficient (Wildman–Crippen LogP) is 3.01. The first-order chi connectivity index (χ1) is 11.5. The Kier molecular flexibility index (Phi) is 4.34. The molecule has 2 aromatic rings. The van der Waals surface area contributed by atoms with Crippen molar-refractivity contribution in [1.29, 1.82) is 0 Å². The van der Waals surface area contributed by atoms with Gasteiger partial charge in [0.25, 0.3) is 5.91 Å². The number of hydrogen-bond donors (Lipinski definition) is 0. The molecule has 124 valence electrons. The number of aryl methyl sites for hydroxylation is 1.